The van der Waals surface area contributed by atoms with Gasteiger partial charge in [0.15, 0.2) is 0 Å². The quantitative estimate of drug-likeness (QED) is 0.0700. The standard InChI is InChI=1S/C28H42F17NO11S/c1-2-46(3-5-50-7-9-52-11-13-54-15-17-56-19-20-57-18-16-55-14-12-53-10-8-51-6-4-47)58(48,49)28(44,45)26(39,40)24(35,36)22(31,32)21(29,30)23(33,34)25(37,38)27(41,42)43/h47H,2-20H2,1H3. The van der Waals surface area contributed by atoms with Crippen LogP contribution in [0.25, 0.3) is 0 Å². The van der Waals surface area contributed by atoms with Crippen LogP contribution in [0.5, 0.6) is 0 Å². The van der Waals surface area contributed by atoms with Crippen LogP contribution in [-0.2, 0) is 47.9 Å². The summed E-state index contributed by atoms with van der Waals surface area (Å²) in [6.45, 7) is -1.23. The van der Waals surface area contributed by atoms with Crippen molar-refractivity contribution in [2.24, 2.45) is 0 Å². The van der Waals surface area contributed by atoms with Crippen molar-refractivity contribution < 1.29 is 126 Å². The number of hydrogen-bond acceptors (Lipinski definition) is 11. The number of hydrogen-bond donors (Lipinski definition) is 1. The maximum absolute atomic E-state index is 14.5. The molecular formula is C28H42F17NO11S. The summed E-state index contributed by atoms with van der Waals surface area (Å²) in [4.78, 5) is 0. The molecule has 12 nitrogen and oxygen atoms in total. The fraction of sp³-hybridized carbons (Fsp3) is 1.00. The highest BCUT2D eigenvalue weighted by molar-refractivity contribution is 7.90. The zero-order chi connectivity index (χ0) is 45.2. The Morgan fingerprint density at radius 2 is 0.638 bits per heavy atom. The van der Waals surface area contributed by atoms with Crippen LogP contribution < -0.4 is 0 Å². The molecule has 0 aliphatic heterocycles. The van der Waals surface area contributed by atoms with Crippen molar-refractivity contribution in [2.45, 2.75) is 53.9 Å². The van der Waals surface area contributed by atoms with E-state index >= 15 is 0 Å². The first-order valence-electron chi connectivity index (χ1n) is 16.5. The third-order valence-corrected chi connectivity index (χ3v) is 9.06. The average Bonchev–Trinajstić information content (AvgIpc) is 3.11. The van der Waals surface area contributed by atoms with Gasteiger partial charge in [0.2, 0.25) is 0 Å². The van der Waals surface area contributed by atoms with E-state index in [9.17, 15) is 83.1 Å². The minimum atomic E-state index is -8.90. The molecule has 0 aromatic rings. The van der Waals surface area contributed by atoms with Crippen LogP contribution in [0.2, 0.25) is 0 Å². The van der Waals surface area contributed by atoms with Crippen LogP contribution in [0.1, 0.15) is 6.92 Å². The Morgan fingerprint density at radius 3 is 0.897 bits per heavy atom. The molecule has 0 unspecified atom stereocenters. The van der Waals surface area contributed by atoms with E-state index in [-0.39, 0.29) is 59.5 Å². The normalized spacial score (nSPS) is 14.6. The van der Waals surface area contributed by atoms with Crippen molar-refractivity contribution in [1.29, 1.82) is 0 Å². The summed E-state index contributed by atoms with van der Waals surface area (Å²) in [5.41, 5.74) is 0. The molecule has 0 bridgehead atoms. The Morgan fingerprint density at radius 1 is 0.397 bits per heavy atom. The van der Waals surface area contributed by atoms with E-state index < -0.39 is 87.6 Å². The molecule has 0 aliphatic rings. The molecule has 1 N–H and O–H groups in total. The van der Waals surface area contributed by atoms with Gasteiger partial charge in [0.1, 0.15) is 0 Å². The molecular weight excluding hydrogens is 881 g/mol. The van der Waals surface area contributed by atoms with Gasteiger partial charge in [-0.1, -0.05) is 6.92 Å². The van der Waals surface area contributed by atoms with Crippen molar-refractivity contribution in [3.63, 3.8) is 0 Å². The molecule has 0 heterocycles. The third kappa shape index (κ3) is 13.9. The minimum Gasteiger partial charge on any atom is -0.394 e. The van der Waals surface area contributed by atoms with Crippen LogP contribution >= 0.6 is 0 Å². The van der Waals surface area contributed by atoms with Crippen molar-refractivity contribution in [2.75, 3.05) is 125 Å². The second-order valence-electron chi connectivity index (χ2n) is 11.1. The lowest BCUT2D eigenvalue weighted by atomic mass is 9.91. The predicted octanol–water partition coefficient (Wildman–Crippen LogP) is 4.73. The summed E-state index contributed by atoms with van der Waals surface area (Å²) in [5.74, 6) is -52.0. The first-order valence-corrected chi connectivity index (χ1v) is 17.9. The average molecular weight is 924 g/mol. The van der Waals surface area contributed by atoms with E-state index in [4.69, 9.17) is 43.0 Å². The summed E-state index contributed by atoms with van der Waals surface area (Å²) in [5, 5.41) is 0.913. The summed E-state index contributed by atoms with van der Waals surface area (Å²) in [6, 6.07) is 0. The first-order chi connectivity index (χ1) is 26.5. The van der Waals surface area contributed by atoms with Gasteiger partial charge in [-0.3, -0.25) is 0 Å². The fourth-order valence-electron chi connectivity index (χ4n) is 3.79. The predicted molar refractivity (Wildman–Crippen MR) is 160 cm³/mol. The number of ether oxygens (including phenoxy) is 8. The highest BCUT2D eigenvalue weighted by Gasteiger charge is 2.96. The Kier molecular flexibility index (Phi) is 23.4. The van der Waals surface area contributed by atoms with Crippen molar-refractivity contribution >= 4 is 10.0 Å². The zero-order valence-corrected chi connectivity index (χ0v) is 31.1. The maximum atomic E-state index is 14.5. The molecule has 0 aromatic carbocycles. The number of rotatable bonds is 35. The number of alkyl halides is 17. The van der Waals surface area contributed by atoms with Gasteiger partial charge in [0.25, 0.3) is 10.0 Å². The Hall–Kier alpha value is -1.64. The molecule has 0 spiro atoms. The van der Waals surface area contributed by atoms with Gasteiger partial charge in [-0.05, 0) is 0 Å². The molecule has 0 saturated carbocycles. The highest BCUT2D eigenvalue weighted by Crippen LogP contribution is 2.64. The van der Waals surface area contributed by atoms with Gasteiger partial charge in [-0.25, -0.2) is 8.42 Å². The van der Waals surface area contributed by atoms with Crippen molar-refractivity contribution in [1.82, 2.24) is 4.31 Å². The zero-order valence-electron chi connectivity index (χ0n) is 30.2. The molecule has 0 radical (unpaired) electrons. The van der Waals surface area contributed by atoms with E-state index in [1.54, 1.807) is 0 Å². The molecule has 350 valence electrons. The van der Waals surface area contributed by atoms with Crippen molar-refractivity contribution in [3.05, 3.63) is 0 Å². The summed E-state index contributed by atoms with van der Waals surface area (Å²) < 4.78 is 295. The van der Waals surface area contributed by atoms with Gasteiger partial charge >= 0.3 is 47.0 Å². The number of halogens is 17. The van der Waals surface area contributed by atoms with E-state index in [1.807, 2.05) is 0 Å². The van der Waals surface area contributed by atoms with Crippen LogP contribution in [0, 0.1) is 0 Å². The van der Waals surface area contributed by atoms with E-state index in [0.717, 1.165) is 0 Å². The maximum Gasteiger partial charge on any atom is 0.460 e. The molecule has 0 rings (SSSR count). The second-order valence-corrected chi connectivity index (χ2v) is 13.1. The lowest BCUT2D eigenvalue weighted by molar-refractivity contribution is -0.458. The minimum absolute atomic E-state index is 0.000240. The van der Waals surface area contributed by atoms with E-state index in [1.165, 1.54) is 0 Å². The van der Waals surface area contributed by atoms with E-state index in [0.29, 0.717) is 46.6 Å². The van der Waals surface area contributed by atoms with Crippen LogP contribution in [0.3, 0.4) is 0 Å². The monoisotopic (exact) mass is 923 g/mol. The number of aliphatic hydroxyl groups is 1. The summed E-state index contributed by atoms with van der Waals surface area (Å²) in [6.07, 6.45) is -7.91. The molecule has 0 fully saturated rings. The lowest BCUT2D eigenvalue weighted by Gasteiger charge is -2.43. The number of aliphatic hydroxyl groups excluding tert-OH is 1. The first kappa shape index (κ1) is 56.4. The molecule has 0 atom stereocenters. The van der Waals surface area contributed by atoms with Crippen LogP contribution in [0.4, 0.5) is 74.6 Å². The Bertz CT molecular complexity index is 1250. The molecule has 0 aliphatic carbocycles. The molecule has 58 heavy (non-hydrogen) atoms. The van der Waals surface area contributed by atoms with Gasteiger partial charge in [-0.15, -0.1) is 0 Å². The van der Waals surface area contributed by atoms with Gasteiger partial charge in [0, 0.05) is 13.1 Å². The van der Waals surface area contributed by atoms with Gasteiger partial charge < -0.3 is 43.0 Å². The van der Waals surface area contributed by atoms with Crippen molar-refractivity contribution in [3.8, 4) is 0 Å². The highest BCUT2D eigenvalue weighted by atomic mass is 32.2. The number of likely N-dealkylation sites (N-methyl/N-ethyl adjacent to an activating group) is 1. The largest absolute Gasteiger partial charge is 0.460 e. The molecule has 0 saturated heterocycles. The number of nitrogens with zero attached hydrogens (tertiary/aromatic N) is 1. The summed E-state index contributed by atoms with van der Waals surface area (Å²) in [7, 11) is -7.40. The molecule has 30 heteroatoms. The van der Waals surface area contributed by atoms with Gasteiger partial charge in [-0.2, -0.15) is 78.9 Å². The smallest absolute Gasteiger partial charge is 0.394 e. The SMILES string of the molecule is CCN(CCOCCOCCOCCOCCOCCOCCOCCOCCO)S(=O)(=O)C(F)(F)C(F)(F)C(F)(F)C(F)(F)C(F)(F)C(F)(F)C(F)(F)C(F)(F)F. The Labute approximate surface area is 320 Å². The topological polar surface area (TPSA) is 131 Å². The van der Waals surface area contributed by atoms with Gasteiger partial charge in [0.05, 0.1) is 112 Å². The molecule has 0 amide bonds. The fourth-order valence-corrected chi connectivity index (χ4v) is 5.23. The molecule has 0 aromatic heterocycles. The Balaban J connectivity index is 4.69. The number of sulfonamides is 1. The van der Waals surface area contributed by atoms with Crippen LogP contribution in [-0.4, -0.2) is 190 Å². The second kappa shape index (κ2) is 24.1. The summed E-state index contributed by atoms with van der Waals surface area (Å²) >= 11 is 0. The lowest BCUT2D eigenvalue weighted by Crippen LogP contribution is -2.75. The van der Waals surface area contributed by atoms with Crippen LogP contribution in [0.15, 0.2) is 0 Å². The third-order valence-electron chi connectivity index (χ3n) is 7.03. The van der Waals surface area contributed by atoms with E-state index in [2.05, 4.69) is 0 Å².